The summed E-state index contributed by atoms with van der Waals surface area (Å²) < 4.78 is 37.3. The highest BCUT2D eigenvalue weighted by Crippen LogP contribution is 2.37. The Labute approximate surface area is 131 Å². The fourth-order valence-electron chi connectivity index (χ4n) is 1.65. The molecule has 122 valence electrons. The highest BCUT2D eigenvalue weighted by molar-refractivity contribution is 9.10. The first kappa shape index (κ1) is 20.2. The van der Waals surface area contributed by atoms with Crippen LogP contribution in [-0.2, 0) is 12.8 Å². The third-order valence-corrected chi connectivity index (χ3v) is 3.56. The molecule has 0 aliphatic heterocycles. The van der Waals surface area contributed by atoms with Gasteiger partial charge in [0.05, 0.1) is 12.2 Å². The first-order chi connectivity index (χ1) is 9.75. The standard InChI is InChI=1S/C8H7BrF3NO.C5H10.CH4O/c9-5-1-4(3-14)7(13)6(2-5)8(10,11)12;1-5-3-2-4-5;1-2/h1-2,14H,3,13H2;5H,2-4H2,1H3;2H,1H3. The summed E-state index contributed by atoms with van der Waals surface area (Å²) in [6, 6.07) is 2.24. The summed E-state index contributed by atoms with van der Waals surface area (Å²) in [4.78, 5) is 0. The van der Waals surface area contributed by atoms with Crippen LogP contribution in [-0.4, -0.2) is 17.3 Å². The average Bonchev–Trinajstić information content (AvgIpc) is 2.40. The molecule has 1 aromatic rings. The molecular formula is C14H21BrF3NO2. The van der Waals surface area contributed by atoms with Gasteiger partial charge in [-0.2, -0.15) is 13.2 Å². The summed E-state index contributed by atoms with van der Waals surface area (Å²) in [7, 11) is 1.00. The Morgan fingerprint density at radius 2 is 1.76 bits per heavy atom. The summed E-state index contributed by atoms with van der Waals surface area (Å²) in [5.74, 6) is 1.06. The van der Waals surface area contributed by atoms with E-state index in [-0.39, 0.29) is 10.0 Å². The Balaban J connectivity index is 0.000000473. The minimum Gasteiger partial charge on any atom is -0.400 e. The number of rotatable bonds is 1. The third kappa shape index (κ3) is 6.67. The van der Waals surface area contributed by atoms with Gasteiger partial charge in [-0.25, -0.2) is 0 Å². The second kappa shape index (κ2) is 9.27. The van der Waals surface area contributed by atoms with E-state index in [2.05, 4.69) is 22.9 Å². The molecule has 0 saturated heterocycles. The highest BCUT2D eigenvalue weighted by Gasteiger charge is 2.34. The van der Waals surface area contributed by atoms with Gasteiger partial charge in [-0.15, -0.1) is 0 Å². The van der Waals surface area contributed by atoms with Gasteiger partial charge in [0, 0.05) is 22.8 Å². The molecule has 1 aromatic carbocycles. The topological polar surface area (TPSA) is 66.5 Å². The summed E-state index contributed by atoms with van der Waals surface area (Å²) in [5, 5.41) is 15.8. The van der Waals surface area contributed by atoms with Crippen molar-refractivity contribution in [2.75, 3.05) is 12.8 Å². The van der Waals surface area contributed by atoms with Crippen molar-refractivity contribution in [1.82, 2.24) is 0 Å². The van der Waals surface area contributed by atoms with Crippen molar-refractivity contribution >= 4 is 21.6 Å². The third-order valence-electron chi connectivity index (χ3n) is 3.10. The number of halogens is 4. The molecule has 3 nitrogen and oxygen atoms in total. The van der Waals surface area contributed by atoms with Crippen LogP contribution >= 0.6 is 15.9 Å². The molecule has 0 bridgehead atoms. The Bertz CT molecular complexity index is 435. The SMILES string of the molecule is CC1CCC1.CO.Nc1c(CO)cc(Br)cc1C(F)(F)F. The van der Waals surface area contributed by atoms with E-state index in [0.717, 1.165) is 19.1 Å². The molecule has 0 unspecified atom stereocenters. The molecule has 4 N–H and O–H groups in total. The molecular weight excluding hydrogens is 351 g/mol. The van der Waals surface area contributed by atoms with Crippen LogP contribution in [0.1, 0.15) is 37.3 Å². The summed E-state index contributed by atoms with van der Waals surface area (Å²) in [5.41, 5.74) is 3.95. The quantitative estimate of drug-likeness (QED) is 0.654. The van der Waals surface area contributed by atoms with Gasteiger partial charge in [-0.3, -0.25) is 0 Å². The first-order valence-electron chi connectivity index (χ1n) is 6.46. The number of nitrogens with two attached hydrogens (primary N) is 1. The second-order valence-electron chi connectivity index (χ2n) is 4.72. The van der Waals surface area contributed by atoms with Crippen molar-refractivity contribution in [3.8, 4) is 0 Å². The van der Waals surface area contributed by atoms with Crippen LogP contribution in [0.4, 0.5) is 18.9 Å². The van der Waals surface area contributed by atoms with Crippen molar-refractivity contribution in [2.24, 2.45) is 5.92 Å². The Morgan fingerprint density at radius 1 is 1.29 bits per heavy atom. The van der Waals surface area contributed by atoms with E-state index >= 15 is 0 Å². The lowest BCUT2D eigenvalue weighted by atomic mass is 9.88. The van der Waals surface area contributed by atoms with Gasteiger partial charge < -0.3 is 15.9 Å². The largest absolute Gasteiger partial charge is 0.418 e. The molecule has 1 aliphatic carbocycles. The van der Waals surface area contributed by atoms with Crippen LogP contribution in [0.2, 0.25) is 0 Å². The van der Waals surface area contributed by atoms with Crippen molar-refractivity contribution < 1.29 is 23.4 Å². The predicted octanol–water partition coefficient (Wildman–Crippen LogP) is 3.96. The highest BCUT2D eigenvalue weighted by atomic mass is 79.9. The lowest BCUT2D eigenvalue weighted by Gasteiger charge is -2.18. The van der Waals surface area contributed by atoms with E-state index in [0.29, 0.717) is 0 Å². The number of alkyl halides is 3. The number of aliphatic hydroxyl groups is 2. The van der Waals surface area contributed by atoms with Crippen LogP contribution in [0.15, 0.2) is 16.6 Å². The smallest absolute Gasteiger partial charge is 0.400 e. The molecule has 1 aliphatic rings. The molecule has 1 saturated carbocycles. The predicted molar refractivity (Wildman–Crippen MR) is 80.6 cm³/mol. The van der Waals surface area contributed by atoms with Gasteiger partial charge >= 0.3 is 6.18 Å². The molecule has 0 radical (unpaired) electrons. The minimum absolute atomic E-state index is 0.0618. The number of anilines is 1. The van der Waals surface area contributed by atoms with Gasteiger partial charge in [0.2, 0.25) is 0 Å². The fraction of sp³-hybridized carbons (Fsp3) is 0.571. The maximum Gasteiger partial charge on any atom is 0.418 e. The maximum atomic E-state index is 12.4. The molecule has 7 heteroatoms. The molecule has 0 heterocycles. The second-order valence-corrected chi connectivity index (χ2v) is 5.63. The maximum absolute atomic E-state index is 12.4. The molecule has 0 spiro atoms. The normalized spacial score (nSPS) is 14.3. The zero-order chi connectivity index (χ0) is 16.6. The van der Waals surface area contributed by atoms with Crippen molar-refractivity contribution in [3.63, 3.8) is 0 Å². The summed E-state index contributed by atoms with van der Waals surface area (Å²) in [6.07, 6.45) is -0.0427. The molecule has 0 atom stereocenters. The molecule has 0 amide bonds. The van der Waals surface area contributed by atoms with Crippen LogP contribution in [0.5, 0.6) is 0 Å². The fourth-order valence-corrected chi connectivity index (χ4v) is 2.16. The number of benzene rings is 1. The average molecular weight is 372 g/mol. The zero-order valence-electron chi connectivity index (χ0n) is 12.0. The number of hydrogen-bond donors (Lipinski definition) is 3. The van der Waals surface area contributed by atoms with Crippen molar-refractivity contribution in [2.45, 2.75) is 39.0 Å². The van der Waals surface area contributed by atoms with E-state index in [4.69, 9.17) is 15.9 Å². The summed E-state index contributed by atoms with van der Waals surface area (Å²) >= 11 is 2.91. The van der Waals surface area contributed by atoms with Crippen molar-refractivity contribution in [3.05, 3.63) is 27.7 Å². The van der Waals surface area contributed by atoms with E-state index < -0.39 is 24.0 Å². The molecule has 21 heavy (non-hydrogen) atoms. The van der Waals surface area contributed by atoms with E-state index in [1.807, 2.05) is 0 Å². The van der Waals surface area contributed by atoms with Gasteiger partial charge in [0.25, 0.3) is 0 Å². The van der Waals surface area contributed by atoms with Gasteiger partial charge in [0.1, 0.15) is 0 Å². The van der Waals surface area contributed by atoms with Crippen LogP contribution in [0.25, 0.3) is 0 Å². The molecule has 2 rings (SSSR count). The zero-order valence-corrected chi connectivity index (χ0v) is 13.6. The van der Waals surface area contributed by atoms with Crippen molar-refractivity contribution in [1.29, 1.82) is 0 Å². The molecule has 1 fully saturated rings. The van der Waals surface area contributed by atoms with Gasteiger partial charge in [-0.1, -0.05) is 42.1 Å². The van der Waals surface area contributed by atoms with Crippen LogP contribution < -0.4 is 5.73 Å². The number of aliphatic hydroxyl groups excluding tert-OH is 2. The lowest BCUT2D eigenvalue weighted by Crippen LogP contribution is -2.11. The summed E-state index contributed by atoms with van der Waals surface area (Å²) in [6.45, 7) is 1.79. The lowest BCUT2D eigenvalue weighted by molar-refractivity contribution is -0.137. The number of nitrogen functional groups attached to an aromatic ring is 1. The Kier molecular flexibility index (Phi) is 8.92. The Morgan fingerprint density at radius 3 is 2.05 bits per heavy atom. The van der Waals surface area contributed by atoms with E-state index in [9.17, 15) is 13.2 Å². The molecule has 0 aromatic heterocycles. The van der Waals surface area contributed by atoms with Crippen LogP contribution in [0, 0.1) is 5.92 Å². The van der Waals surface area contributed by atoms with E-state index in [1.165, 1.54) is 25.3 Å². The number of hydrogen-bond acceptors (Lipinski definition) is 3. The van der Waals surface area contributed by atoms with Gasteiger partial charge in [0.15, 0.2) is 0 Å². The monoisotopic (exact) mass is 371 g/mol. The van der Waals surface area contributed by atoms with Gasteiger partial charge in [-0.05, 0) is 18.1 Å². The van der Waals surface area contributed by atoms with Crippen LogP contribution in [0.3, 0.4) is 0 Å². The first-order valence-corrected chi connectivity index (χ1v) is 7.25. The minimum atomic E-state index is -4.50. The Hall–Kier alpha value is -0.790. The van der Waals surface area contributed by atoms with E-state index in [1.54, 1.807) is 0 Å².